The van der Waals surface area contributed by atoms with Gasteiger partial charge < -0.3 is 4.74 Å². The third-order valence-corrected chi connectivity index (χ3v) is 2.65. The average Bonchev–Trinajstić information content (AvgIpc) is 2.38. The Hall–Kier alpha value is -1.36. The molecule has 0 radical (unpaired) electrons. The van der Waals surface area contributed by atoms with E-state index < -0.39 is 17.8 Å². The van der Waals surface area contributed by atoms with E-state index in [4.69, 9.17) is 4.74 Å². The maximum Gasteiger partial charge on any atom is 0.416 e. The Morgan fingerprint density at radius 1 is 1.32 bits per heavy atom. The van der Waals surface area contributed by atoms with Crippen molar-refractivity contribution in [2.24, 2.45) is 0 Å². The van der Waals surface area contributed by atoms with Crippen molar-refractivity contribution in [3.8, 4) is 0 Å². The summed E-state index contributed by atoms with van der Waals surface area (Å²) in [6.45, 7) is 3.88. The second kappa shape index (κ2) is 6.70. The predicted molar refractivity (Wildman–Crippen MR) is 65.7 cm³/mol. The third kappa shape index (κ3) is 4.35. The van der Waals surface area contributed by atoms with Gasteiger partial charge in [-0.05, 0) is 24.1 Å². The van der Waals surface area contributed by atoms with Gasteiger partial charge in [0.1, 0.15) is 6.10 Å². The highest BCUT2D eigenvalue weighted by Crippen LogP contribution is 2.31. The van der Waals surface area contributed by atoms with Crippen molar-refractivity contribution in [2.75, 3.05) is 6.61 Å². The van der Waals surface area contributed by atoms with Gasteiger partial charge in [-0.15, -0.1) is 0 Å². The van der Waals surface area contributed by atoms with Crippen LogP contribution in [0.2, 0.25) is 0 Å². The van der Waals surface area contributed by atoms with Crippen LogP contribution >= 0.6 is 0 Å². The van der Waals surface area contributed by atoms with Crippen LogP contribution in [0.1, 0.15) is 43.9 Å². The van der Waals surface area contributed by atoms with Crippen LogP contribution in [0.3, 0.4) is 0 Å². The van der Waals surface area contributed by atoms with Gasteiger partial charge in [-0.2, -0.15) is 13.2 Å². The van der Waals surface area contributed by atoms with Crippen LogP contribution in [0.4, 0.5) is 13.2 Å². The second-order valence-corrected chi connectivity index (χ2v) is 4.19. The summed E-state index contributed by atoms with van der Waals surface area (Å²) in [5.74, 6) is -0.215. The molecule has 106 valence electrons. The molecule has 0 aliphatic rings. The lowest BCUT2D eigenvalue weighted by atomic mass is 10.0. The summed E-state index contributed by atoms with van der Waals surface area (Å²) in [6, 6.07) is 4.75. The Morgan fingerprint density at radius 2 is 2.00 bits per heavy atom. The summed E-state index contributed by atoms with van der Waals surface area (Å²) in [5.41, 5.74) is -0.505. The first kappa shape index (κ1) is 15.7. The van der Waals surface area contributed by atoms with E-state index in [1.807, 2.05) is 6.92 Å². The van der Waals surface area contributed by atoms with Gasteiger partial charge >= 0.3 is 6.18 Å². The van der Waals surface area contributed by atoms with E-state index in [-0.39, 0.29) is 17.8 Å². The molecule has 0 heterocycles. The lowest BCUT2D eigenvalue weighted by molar-refractivity contribution is -0.138. The van der Waals surface area contributed by atoms with E-state index in [0.717, 1.165) is 12.1 Å². The van der Waals surface area contributed by atoms with Gasteiger partial charge in [0.25, 0.3) is 0 Å². The van der Waals surface area contributed by atoms with Crippen molar-refractivity contribution >= 4 is 5.78 Å². The highest BCUT2D eigenvalue weighted by molar-refractivity contribution is 5.84. The molecule has 1 rings (SSSR count). The summed E-state index contributed by atoms with van der Waals surface area (Å²) >= 11 is 0. The van der Waals surface area contributed by atoms with Crippen molar-refractivity contribution in [3.63, 3.8) is 0 Å². The van der Waals surface area contributed by atoms with E-state index in [1.54, 1.807) is 6.92 Å². The monoisotopic (exact) mass is 274 g/mol. The quantitative estimate of drug-likeness (QED) is 0.778. The first-order chi connectivity index (χ1) is 8.90. The highest BCUT2D eigenvalue weighted by atomic mass is 19.4. The van der Waals surface area contributed by atoms with Crippen LogP contribution in [0, 0.1) is 0 Å². The molecule has 19 heavy (non-hydrogen) atoms. The Kier molecular flexibility index (Phi) is 5.54. The van der Waals surface area contributed by atoms with Gasteiger partial charge in [-0.3, -0.25) is 4.79 Å². The summed E-state index contributed by atoms with van der Waals surface area (Å²) < 4.78 is 43.3. The minimum absolute atomic E-state index is 0.215. The molecule has 0 aliphatic carbocycles. The molecule has 0 saturated heterocycles. The highest BCUT2D eigenvalue weighted by Gasteiger charge is 2.31. The number of carbonyl (C=O) groups is 1. The number of ketones is 1. The van der Waals surface area contributed by atoms with Gasteiger partial charge in [-0.1, -0.05) is 26.0 Å². The lowest BCUT2D eigenvalue weighted by Gasteiger charge is -2.17. The average molecular weight is 274 g/mol. The fraction of sp³-hybridized carbons (Fsp3) is 0.500. The molecule has 0 aliphatic heterocycles. The predicted octanol–water partition coefficient (Wildman–Crippen LogP) is 4.15. The topological polar surface area (TPSA) is 26.3 Å². The Bertz CT molecular complexity index is 427. The normalized spacial score (nSPS) is 13.3. The van der Waals surface area contributed by atoms with Crippen LogP contribution in [0.5, 0.6) is 0 Å². The Balaban J connectivity index is 3.05. The minimum atomic E-state index is -4.42. The van der Waals surface area contributed by atoms with E-state index in [9.17, 15) is 18.0 Å². The van der Waals surface area contributed by atoms with E-state index in [1.165, 1.54) is 12.1 Å². The molecule has 2 nitrogen and oxygen atoms in total. The maximum atomic E-state index is 12.6. The molecule has 1 aromatic rings. The molecule has 1 atom stereocenters. The van der Waals surface area contributed by atoms with Gasteiger partial charge in [0.2, 0.25) is 0 Å². The first-order valence-corrected chi connectivity index (χ1v) is 6.21. The molecule has 0 N–H and O–H groups in total. The SMILES string of the molecule is CCCOC(C(=O)CC)c1cccc(C(F)(F)F)c1. The molecule has 1 aromatic carbocycles. The number of hydrogen-bond acceptors (Lipinski definition) is 2. The number of carbonyl (C=O) groups excluding carboxylic acids is 1. The molecule has 0 spiro atoms. The molecule has 0 fully saturated rings. The van der Waals surface area contributed by atoms with E-state index in [0.29, 0.717) is 13.0 Å². The third-order valence-electron chi connectivity index (χ3n) is 2.65. The number of hydrogen-bond donors (Lipinski definition) is 0. The van der Waals surface area contributed by atoms with Crippen LogP contribution < -0.4 is 0 Å². The first-order valence-electron chi connectivity index (χ1n) is 6.21. The molecule has 0 aromatic heterocycles. The van der Waals surface area contributed by atoms with Crippen molar-refractivity contribution in [3.05, 3.63) is 35.4 Å². The molecule has 0 amide bonds. The van der Waals surface area contributed by atoms with Crippen molar-refractivity contribution < 1.29 is 22.7 Å². The number of Topliss-reactive ketones (excluding diaryl/α,β-unsaturated/α-hetero) is 1. The van der Waals surface area contributed by atoms with Crippen LogP contribution in [0.15, 0.2) is 24.3 Å². The van der Waals surface area contributed by atoms with E-state index >= 15 is 0 Å². The molecule has 0 saturated carbocycles. The van der Waals surface area contributed by atoms with Gasteiger partial charge in [0.05, 0.1) is 5.56 Å². The minimum Gasteiger partial charge on any atom is -0.366 e. The molecule has 5 heteroatoms. The number of halogens is 3. The molecule has 1 unspecified atom stereocenters. The summed E-state index contributed by atoms with van der Waals surface area (Å²) in [5, 5.41) is 0. The van der Waals surface area contributed by atoms with Gasteiger partial charge in [0.15, 0.2) is 5.78 Å². The number of benzene rings is 1. The largest absolute Gasteiger partial charge is 0.416 e. The zero-order chi connectivity index (χ0) is 14.5. The van der Waals surface area contributed by atoms with Crippen LogP contribution in [-0.4, -0.2) is 12.4 Å². The van der Waals surface area contributed by atoms with Crippen molar-refractivity contribution in [1.29, 1.82) is 0 Å². The zero-order valence-corrected chi connectivity index (χ0v) is 11.0. The number of alkyl halides is 3. The maximum absolute atomic E-state index is 12.6. The number of rotatable bonds is 6. The standard InChI is InChI=1S/C14H17F3O2/c1-3-8-19-13(12(18)4-2)10-6-5-7-11(9-10)14(15,16)17/h5-7,9,13H,3-4,8H2,1-2H3. The van der Waals surface area contributed by atoms with Gasteiger partial charge in [-0.25, -0.2) is 0 Å². The smallest absolute Gasteiger partial charge is 0.366 e. The van der Waals surface area contributed by atoms with Gasteiger partial charge in [0, 0.05) is 13.0 Å². The summed E-state index contributed by atoms with van der Waals surface area (Å²) in [6.07, 6.45) is -4.40. The summed E-state index contributed by atoms with van der Waals surface area (Å²) in [4.78, 5) is 11.8. The van der Waals surface area contributed by atoms with E-state index in [2.05, 4.69) is 0 Å². The molecular weight excluding hydrogens is 257 g/mol. The Morgan fingerprint density at radius 3 is 2.53 bits per heavy atom. The fourth-order valence-electron chi connectivity index (χ4n) is 1.67. The van der Waals surface area contributed by atoms with Crippen molar-refractivity contribution in [2.45, 2.75) is 39.0 Å². The van der Waals surface area contributed by atoms with Crippen LogP contribution in [-0.2, 0) is 15.7 Å². The lowest BCUT2D eigenvalue weighted by Crippen LogP contribution is -2.17. The second-order valence-electron chi connectivity index (χ2n) is 4.19. The van der Waals surface area contributed by atoms with Crippen LogP contribution in [0.25, 0.3) is 0 Å². The summed E-state index contributed by atoms with van der Waals surface area (Å²) in [7, 11) is 0. The van der Waals surface area contributed by atoms with Crippen molar-refractivity contribution in [1.82, 2.24) is 0 Å². The molecular formula is C14H17F3O2. The Labute approximate surface area is 110 Å². The number of ether oxygens (including phenoxy) is 1. The molecule has 0 bridgehead atoms. The fourth-order valence-corrected chi connectivity index (χ4v) is 1.67. The zero-order valence-electron chi connectivity index (χ0n) is 11.0.